The smallest absolute Gasteiger partial charge is 0.211 e. The quantitative estimate of drug-likeness (QED) is 0.872. The summed E-state index contributed by atoms with van der Waals surface area (Å²) in [6.45, 7) is 11.8. The Balaban J connectivity index is 2.02. The molecule has 1 saturated heterocycles. The predicted octanol–water partition coefficient (Wildman–Crippen LogP) is 1.97. The second-order valence-electron chi connectivity index (χ2n) is 5.28. The van der Waals surface area contributed by atoms with Crippen molar-refractivity contribution in [2.24, 2.45) is 5.92 Å². The number of oxazole rings is 1. The normalized spacial score (nSPS) is 24.2. The van der Waals surface area contributed by atoms with E-state index in [9.17, 15) is 0 Å². The highest BCUT2D eigenvalue weighted by Crippen LogP contribution is 2.22. The summed E-state index contributed by atoms with van der Waals surface area (Å²) in [6, 6.07) is 0.842. The third kappa shape index (κ3) is 2.87. The van der Waals surface area contributed by atoms with Crippen LogP contribution in [0.3, 0.4) is 0 Å². The van der Waals surface area contributed by atoms with Crippen LogP contribution in [-0.2, 0) is 0 Å². The van der Waals surface area contributed by atoms with Gasteiger partial charge in [-0.15, -0.1) is 0 Å². The zero-order valence-corrected chi connectivity index (χ0v) is 11.2. The van der Waals surface area contributed by atoms with Crippen LogP contribution in [0.4, 0.5) is 0 Å². The molecule has 2 atom stereocenters. The Morgan fingerprint density at radius 3 is 2.82 bits per heavy atom. The van der Waals surface area contributed by atoms with Crippen molar-refractivity contribution in [3.8, 4) is 0 Å². The Hall–Kier alpha value is -0.870. The molecule has 0 amide bonds. The zero-order chi connectivity index (χ0) is 12.4. The number of hydrogen-bond donors (Lipinski definition) is 1. The summed E-state index contributed by atoms with van der Waals surface area (Å²) in [5.41, 5.74) is 0. The molecule has 0 aromatic carbocycles. The summed E-state index contributed by atoms with van der Waals surface area (Å²) in [6.07, 6.45) is 1.80. The molecular weight excluding hydrogens is 214 g/mol. The summed E-state index contributed by atoms with van der Waals surface area (Å²) >= 11 is 0. The van der Waals surface area contributed by atoms with Crippen LogP contribution in [0.25, 0.3) is 0 Å². The third-order valence-corrected chi connectivity index (χ3v) is 3.59. The minimum absolute atomic E-state index is 0.270. The molecule has 1 aromatic rings. The van der Waals surface area contributed by atoms with Gasteiger partial charge in [0.25, 0.3) is 0 Å². The second-order valence-corrected chi connectivity index (χ2v) is 5.28. The van der Waals surface area contributed by atoms with Gasteiger partial charge in [0.15, 0.2) is 0 Å². The summed E-state index contributed by atoms with van der Waals surface area (Å²) in [7, 11) is 0. The number of rotatable bonds is 3. The maximum absolute atomic E-state index is 5.62. The number of aromatic nitrogens is 1. The van der Waals surface area contributed by atoms with Crippen molar-refractivity contribution in [1.82, 2.24) is 15.2 Å². The van der Waals surface area contributed by atoms with Crippen molar-refractivity contribution in [2.45, 2.75) is 39.8 Å². The van der Waals surface area contributed by atoms with Crippen LogP contribution in [0, 0.1) is 12.8 Å². The first-order valence-corrected chi connectivity index (χ1v) is 6.47. The summed E-state index contributed by atoms with van der Waals surface area (Å²) in [5, 5.41) is 3.57. The molecule has 1 N–H and O–H groups in total. The molecule has 0 spiro atoms. The molecule has 0 bridgehead atoms. The Morgan fingerprint density at radius 2 is 2.24 bits per heavy atom. The average Bonchev–Trinajstić information content (AvgIpc) is 2.75. The van der Waals surface area contributed by atoms with Gasteiger partial charge >= 0.3 is 0 Å². The molecule has 0 aliphatic carbocycles. The van der Waals surface area contributed by atoms with Crippen molar-refractivity contribution in [3.63, 3.8) is 0 Å². The van der Waals surface area contributed by atoms with E-state index in [2.05, 4.69) is 36.0 Å². The van der Waals surface area contributed by atoms with Gasteiger partial charge in [-0.2, -0.15) is 0 Å². The molecule has 17 heavy (non-hydrogen) atoms. The fourth-order valence-electron chi connectivity index (χ4n) is 2.32. The van der Waals surface area contributed by atoms with E-state index in [0.717, 1.165) is 31.3 Å². The highest BCUT2D eigenvalue weighted by Gasteiger charge is 2.27. The van der Waals surface area contributed by atoms with Gasteiger partial charge < -0.3 is 9.73 Å². The lowest BCUT2D eigenvalue weighted by atomic mass is 10.0. The summed E-state index contributed by atoms with van der Waals surface area (Å²) in [4.78, 5) is 6.78. The lowest BCUT2D eigenvalue weighted by Crippen LogP contribution is -2.53. The lowest BCUT2D eigenvalue weighted by Gasteiger charge is -2.38. The van der Waals surface area contributed by atoms with Crippen molar-refractivity contribution in [3.05, 3.63) is 17.8 Å². The minimum Gasteiger partial charge on any atom is -0.444 e. The average molecular weight is 237 g/mol. The van der Waals surface area contributed by atoms with E-state index in [-0.39, 0.29) is 6.04 Å². The maximum atomic E-state index is 5.62. The number of nitrogens with one attached hydrogen (secondary N) is 1. The van der Waals surface area contributed by atoms with E-state index in [0.29, 0.717) is 12.0 Å². The van der Waals surface area contributed by atoms with Gasteiger partial charge in [0, 0.05) is 25.7 Å². The molecule has 2 heterocycles. The molecule has 1 fully saturated rings. The predicted molar refractivity (Wildman–Crippen MR) is 67.9 cm³/mol. The monoisotopic (exact) mass is 237 g/mol. The van der Waals surface area contributed by atoms with E-state index in [1.165, 1.54) is 0 Å². The number of nitrogens with zero attached hydrogens (tertiary/aromatic N) is 2. The van der Waals surface area contributed by atoms with Gasteiger partial charge in [0.2, 0.25) is 5.89 Å². The first-order valence-electron chi connectivity index (χ1n) is 6.47. The first-order chi connectivity index (χ1) is 8.08. The van der Waals surface area contributed by atoms with Crippen molar-refractivity contribution >= 4 is 0 Å². The first kappa shape index (κ1) is 12.6. The molecule has 1 aliphatic heterocycles. The van der Waals surface area contributed by atoms with E-state index in [4.69, 9.17) is 4.42 Å². The number of piperazine rings is 1. The third-order valence-electron chi connectivity index (χ3n) is 3.59. The highest BCUT2D eigenvalue weighted by molar-refractivity contribution is 4.97. The van der Waals surface area contributed by atoms with Crippen LogP contribution in [0.1, 0.15) is 38.5 Å². The standard InChI is InChI=1S/C13H23N3O/c1-9(2)12-8-16(6-5-14-12)11(4)13-15-7-10(3)17-13/h7,9,11-12,14H,5-6,8H2,1-4H3. The van der Waals surface area contributed by atoms with Gasteiger partial charge in [0.1, 0.15) is 5.76 Å². The zero-order valence-electron chi connectivity index (χ0n) is 11.2. The Kier molecular flexibility index (Phi) is 3.84. The van der Waals surface area contributed by atoms with Gasteiger partial charge in [-0.3, -0.25) is 4.90 Å². The molecule has 1 aliphatic rings. The molecule has 96 valence electrons. The van der Waals surface area contributed by atoms with E-state index in [1.807, 2.05) is 6.92 Å². The molecule has 0 saturated carbocycles. The summed E-state index contributed by atoms with van der Waals surface area (Å²) in [5.74, 6) is 2.39. The Labute approximate surface area is 103 Å². The van der Waals surface area contributed by atoms with Crippen molar-refractivity contribution < 1.29 is 4.42 Å². The second kappa shape index (κ2) is 5.19. The maximum Gasteiger partial charge on any atom is 0.211 e. The van der Waals surface area contributed by atoms with Crippen LogP contribution >= 0.6 is 0 Å². The largest absolute Gasteiger partial charge is 0.444 e. The molecule has 1 aromatic heterocycles. The van der Waals surface area contributed by atoms with Gasteiger partial charge in [-0.1, -0.05) is 13.8 Å². The van der Waals surface area contributed by atoms with Gasteiger partial charge in [-0.05, 0) is 19.8 Å². The van der Waals surface area contributed by atoms with E-state index < -0.39 is 0 Å². The van der Waals surface area contributed by atoms with Crippen molar-refractivity contribution in [1.29, 1.82) is 0 Å². The van der Waals surface area contributed by atoms with Crippen LogP contribution in [0.15, 0.2) is 10.6 Å². The van der Waals surface area contributed by atoms with E-state index in [1.54, 1.807) is 6.20 Å². The number of aryl methyl sites for hydroxylation is 1. The fraction of sp³-hybridized carbons (Fsp3) is 0.769. The van der Waals surface area contributed by atoms with Crippen LogP contribution < -0.4 is 5.32 Å². The fourth-order valence-corrected chi connectivity index (χ4v) is 2.32. The van der Waals surface area contributed by atoms with Crippen LogP contribution in [0.2, 0.25) is 0 Å². The molecule has 0 radical (unpaired) electrons. The minimum atomic E-state index is 0.270. The van der Waals surface area contributed by atoms with Crippen LogP contribution in [0.5, 0.6) is 0 Å². The number of hydrogen-bond acceptors (Lipinski definition) is 4. The Morgan fingerprint density at radius 1 is 1.47 bits per heavy atom. The van der Waals surface area contributed by atoms with E-state index >= 15 is 0 Å². The molecule has 2 unspecified atom stereocenters. The molecule has 4 nitrogen and oxygen atoms in total. The SMILES string of the molecule is Cc1cnc(C(C)N2CCNC(C(C)C)C2)o1. The lowest BCUT2D eigenvalue weighted by molar-refractivity contribution is 0.119. The molecule has 2 rings (SSSR count). The molecular formula is C13H23N3O. The van der Waals surface area contributed by atoms with Gasteiger partial charge in [0.05, 0.1) is 12.2 Å². The van der Waals surface area contributed by atoms with Crippen molar-refractivity contribution in [2.75, 3.05) is 19.6 Å². The summed E-state index contributed by atoms with van der Waals surface area (Å²) < 4.78 is 5.62. The highest BCUT2D eigenvalue weighted by atomic mass is 16.4. The Bertz CT molecular complexity index is 361. The van der Waals surface area contributed by atoms with Gasteiger partial charge in [-0.25, -0.2) is 4.98 Å². The molecule has 4 heteroatoms. The topological polar surface area (TPSA) is 41.3 Å². The van der Waals surface area contributed by atoms with Crippen LogP contribution in [-0.4, -0.2) is 35.6 Å².